The van der Waals surface area contributed by atoms with Crippen molar-refractivity contribution >= 4 is 7.15 Å². The average Bonchev–Trinajstić information content (AvgIpc) is 2.06. The first-order valence-electron chi connectivity index (χ1n) is 5.30. The molecule has 0 saturated carbocycles. The van der Waals surface area contributed by atoms with Gasteiger partial charge in [-0.1, -0.05) is 0 Å². The predicted octanol–water partition coefficient (Wildman–Crippen LogP) is 0.164. The second kappa shape index (κ2) is 4.33. The molecular formula is C9H17BN2O. The second-order valence-corrected chi connectivity index (χ2v) is 4.09. The molecule has 0 aromatic heterocycles. The molecule has 4 heteroatoms. The number of piperidine rings is 1. The van der Waals surface area contributed by atoms with Crippen molar-refractivity contribution in [3.8, 4) is 0 Å². The molecule has 0 bridgehead atoms. The molecule has 3 nitrogen and oxygen atoms in total. The number of hydrogen-bond acceptors (Lipinski definition) is 3. The van der Waals surface area contributed by atoms with Gasteiger partial charge >= 0.3 is 79.6 Å². The SMILES string of the molecule is O=BCN1CCC(N2CCC2)CC1. The minimum absolute atomic E-state index is 0.632. The first-order chi connectivity index (χ1) is 6.40. The molecule has 0 radical (unpaired) electrons. The van der Waals surface area contributed by atoms with Crippen LogP contribution in [0.4, 0.5) is 0 Å². The molecule has 0 aromatic rings. The zero-order valence-corrected chi connectivity index (χ0v) is 8.11. The van der Waals surface area contributed by atoms with Crippen molar-refractivity contribution in [1.29, 1.82) is 0 Å². The van der Waals surface area contributed by atoms with Crippen molar-refractivity contribution in [2.75, 3.05) is 32.6 Å². The summed E-state index contributed by atoms with van der Waals surface area (Å²) < 4.78 is 10.3. The molecule has 0 aromatic carbocycles. The Kier molecular flexibility index (Phi) is 3.11. The van der Waals surface area contributed by atoms with Crippen LogP contribution in [-0.4, -0.2) is 55.6 Å². The van der Waals surface area contributed by atoms with Crippen LogP contribution in [0.1, 0.15) is 19.3 Å². The van der Waals surface area contributed by atoms with Gasteiger partial charge in [-0.25, -0.2) is 0 Å². The normalized spacial score (nSPS) is 26.8. The van der Waals surface area contributed by atoms with Gasteiger partial charge in [0.2, 0.25) is 0 Å². The zero-order valence-electron chi connectivity index (χ0n) is 8.11. The van der Waals surface area contributed by atoms with Gasteiger partial charge in [0, 0.05) is 0 Å². The van der Waals surface area contributed by atoms with Crippen molar-refractivity contribution in [1.82, 2.24) is 9.80 Å². The molecule has 0 atom stereocenters. The van der Waals surface area contributed by atoms with E-state index in [0.717, 1.165) is 26.3 Å². The molecule has 0 amide bonds. The number of hydrogen-bond donors (Lipinski definition) is 0. The van der Waals surface area contributed by atoms with E-state index in [2.05, 4.69) is 9.80 Å². The molecule has 2 aliphatic rings. The van der Waals surface area contributed by atoms with E-state index in [-0.39, 0.29) is 0 Å². The van der Waals surface area contributed by atoms with E-state index in [9.17, 15) is 4.70 Å². The predicted molar refractivity (Wildman–Crippen MR) is 52.1 cm³/mol. The molecule has 0 N–H and O–H groups in total. The summed E-state index contributed by atoms with van der Waals surface area (Å²) in [4.78, 5) is 4.83. The zero-order chi connectivity index (χ0) is 9.10. The summed E-state index contributed by atoms with van der Waals surface area (Å²) in [7, 11) is 1.02. The standard InChI is InChI=1S/C9H17BN2O/c13-10-8-11-6-2-9(3-7-11)12-4-1-5-12/h9H,1-8H2. The van der Waals surface area contributed by atoms with Gasteiger partial charge in [-0.3, -0.25) is 0 Å². The summed E-state index contributed by atoms with van der Waals surface area (Å²) in [6.07, 6.45) is 4.53. The fourth-order valence-corrected chi connectivity index (χ4v) is 2.28. The second-order valence-electron chi connectivity index (χ2n) is 4.09. The third-order valence-corrected chi connectivity index (χ3v) is 3.30. The summed E-state index contributed by atoms with van der Waals surface area (Å²) in [5, 5.41) is 0. The third-order valence-electron chi connectivity index (χ3n) is 3.30. The van der Waals surface area contributed by atoms with Crippen LogP contribution in [0.3, 0.4) is 0 Å². The van der Waals surface area contributed by atoms with Crippen LogP contribution in [-0.2, 0) is 4.70 Å². The van der Waals surface area contributed by atoms with Crippen LogP contribution in [0.5, 0.6) is 0 Å². The van der Waals surface area contributed by atoms with Gasteiger partial charge in [-0.05, 0) is 0 Å². The number of nitrogens with zero attached hydrogens (tertiary/aromatic N) is 2. The summed E-state index contributed by atoms with van der Waals surface area (Å²) in [6, 6.07) is 0.816. The van der Waals surface area contributed by atoms with Gasteiger partial charge in [0.05, 0.1) is 0 Å². The van der Waals surface area contributed by atoms with Gasteiger partial charge in [0.25, 0.3) is 0 Å². The molecule has 2 rings (SSSR count). The van der Waals surface area contributed by atoms with E-state index < -0.39 is 0 Å². The Labute approximate surface area is 80.3 Å². The van der Waals surface area contributed by atoms with Gasteiger partial charge in [0.15, 0.2) is 0 Å². The summed E-state index contributed by atoms with van der Waals surface area (Å²) >= 11 is 0. The fraction of sp³-hybridized carbons (Fsp3) is 1.00. The van der Waals surface area contributed by atoms with Crippen molar-refractivity contribution in [3.05, 3.63) is 0 Å². The van der Waals surface area contributed by atoms with Crippen LogP contribution in [0.15, 0.2) is 0 Å². The number of likely N-dealkylation sites (tertiary alicyclic amines) is 2. The van der Waals surface area contributed by atoms with E-state index >= 15 is 0 Å². The van der Waals surface area contributed by atoms with Crippen molar-refractivity contribution < 1.29 is 4.70 Å². The van der Waals surface area contributed by atoms with Crippen molar-refractivity contribution in [3.63, 3.8) is 0 Å². The first kappa shape index (κ1) is 9.34. The molecule has 2 fully saturated rings. The summed E-state index contributed by atoms with van der Waals surface area (Å²) in [5.41, 5.74) is 0. The molecule has 0 spiro atoms. The van der Waals surface area contributed by atoms with E-state index in [1.807, 2.05) is 0 Å². The van der Waals surface area contributed by atoms with E-state index in [4.69, 9.17) is 0 Å². The molecule has 72 valence electrons. The quantitative estimate of drug-likeness (QED) is 0.578. The van der Waals surface area contributed by atoms with E-state index in [1.54, 1.807) is 0 Å². The Bertz CT molecular complexity index is 176. The van der Waals surface area contributed by atoms with Crippen LogP contribution in [0.25, 0.3) is 0 Å². The average molecular weight is 180 g/mol. The molecule has 0 aliphatic carbocycles. The van der Waals surface area contributed by atoms with E-state index in [1.165, 1.54) is 32.4 Å². The van der Waals surface area contributed by atoms with Crippen LogP contribution < -0.4 is 0 Å². The monoisotopic (exact) mass is 180 g/mol. The maximum absolute atomic E-state index is 10.3. The Morgan fingerprint density at radius 2 is 1.85 bits per heavy atom. The third kappa shape index (κ3) is 2.17. The first-order valence-corrected chi connectivity index (χ1v) is 5.30. The Balaban J connectivity index is 1.72. The molecule has 2 saturated heterocycles. The van der Waals surface area contributed by atoms with Crippen LogP contribution >= 0.6 is 0 Å². The summed E-state index contributed by atoms with van der Waals surface area (Å²) in [6.45, 7) is 4.83. The minimum atomic E-state index is 0.632. The Morgan fingerprint density at radius 1 is 1.15 bits per heavy atom. The molecule has 13 heavy (non-hydrogen) atoms. The Morgan fingerprint density at radius 3 is 2.31 bits per heavy atom. The van der Waals surface area contributed by atoms with E-state index in [0.29, 0.717) is 6.44 Å². The number of rotatable bonds is 3. The molecule has 2 heterocycles. The van der Waals surface area contributed by atoms with Crippen molar-refractivity contribution in [2.24, 2.45) is 0 Å². The summed E-state index contributed by atoms with van der Waals surface area (Å²) in [5.74, 6) is 0. The maximum atomic E-state index is 10.3. The van der Waals surface area contributed by atoms with Gasteiger partial charge in [-0.2, -0.15) is 0 Å². The van der Waals surface area contributed by atoms with Crippen LogP contribution in [0.2, 0.25) is 0 Å². The molecular weight excluding hydrogens is 163 g/mol. The Hall–Kier alpha value is -0.215. The van der Waals surface area contributed by atoms with Gasteiger partial charge < -0.3 is 0 Å². The van der Waals surface area contributed by atoms with Gasteiger partial charge in [-0.15, -0.1) is 0 Å². The fourth-order valence-electron chi connectivity index (χ4n) is 2.28. The van der Waals surface area contributed by atoms with Gasteiger partial charge in [0.1, 0.15) is 0 Å². The molecule has 0 unspecified atom stereocenters. The topological polar surface area (TPSA) is 23.6 Å². The molecule has 2 aliphatic heterocycles. The van der Waals surface area contributed by atoms with Crippen molar-refractivity contribution in [2.45, 2.75) is 25.3 Å². The van der Waals surface area contributed by atoms with Crippen LogP contribution in [0, 0.1) is 0 Å².